The molecule has 2 N–H and O–H groups in total. The van der Waals surface area contributed by atoms with Gasteiger partial charge in [-0.05, 0) is 41.3 Å². The van der Waals surface area contributed by atoms with Gasteiger partial charge in [0.25, 0.3) is 0 Å². The van der Waals surface area contributed by atoms with Gasteiger partial charge in [0.15, 0.2) is 0 Å². The second-order valence-electron chi connectivity index (χ2n) is 5.17. The number of nitrogens with one attached hydrogen (secondary N) is 1. The highest BCUT2D eigenvalue weighted by atomic mass is 16.3. The third kappa shape index (κ3) is 3.85. The Morgan fingerprint density at radius 3 is 2.50 bits per heavy atom. The number of anilines is 1. The number of benzene rings is 2. The highest BCUT2D eigenvalue weighted by Gasteiger charge is 2.06. The van der Waals surface area contributed by atoms with Crippen LogP contribution >= 0.6 is 0 Å². The van der Waals surface area contributed by atoms with Crippen LogP contribution in [0.1, 0.15) is 30.9 Å². The first-order valence-corrected chi connectivity index (χ1v) is 6.72. The molecular formula is C17H19NO2. The van der Waals surface area contributed by atoms with Gasteiger partial charge in [0.2, 0.25) is 5.91 Å². The van der Waals surface area contributed by atoms with Crippen LogP contribution in [0.25, 0.3) is 0 Å². The summed E-state index contributed by atoms with van der Waals surface area (Å²) in [6.07, 6.45) is 0.298. The molecule has 0 unspecified atom stereocenters. The van der Waals surface area contributed by atoms with E-state index in [9.17, 15) is 9.90 Å². The Kier molecular flexibility index (Phi) is 4.41. The summed E-state index contributed by atoms with van der Waals surface area (Å²) in [6.45, 7) is 4.24. The summed E-state index contributed by atoms with van der Waals surface area (Å²) in [6, 6.07) is 14.6. The number of hydrogen-bond donors (Lipinski definition) is 2. The highest BCUT2D eigenvalue weighted by molar-refractivity contribution is 5.92. The average molecular weight is 269 g/mol. The quantitative estimate of drug-likeness (QED) is 0.889. The third-order valence-corrected chi connectivity index (χ3v) is 3.14. The van der Waals surface area contributed by atoms with Crippen LogP contribution in [-0.4, -0.2) is 11.0 Å². The molecule has 0 aromatic heterocycles. The van der Waals surface area contributed by atoms with E-state index in [0.29, 0.717) is 12.3 Å². The molecule has 0 spiro atoms. The van der Waals surface area contributed by atoms with Crippen LogP contribution in [0.5, 0.6) is 5.75 Å². The number of phenolic OH excluding ortho intramolecular Hbond substituents is 1. The van der Waals surface area contributed by atoms with Gasteiger partial charge in [0.1, 0.15) is 5.75 Å². The van der Waals surface area contributed by atoms with Crippen LogP contribution in [0, 0.1) is 0 Å². The molecule has 3 heteroatoms. The fraction of sp³-hybridized carbons (Fsp3) is 0.235. The number of aromatic hydroxyl groups is 1. The second-order valence-corrected chi connectivity index (χ2v) is 5.17. The summed E-state index contributed by atoms with van der Waals surface area (Å²) in [5, 5.41) is 12.1. The molecule has 2 aromatic carbocycles. The van der Waals surface area contributed by atoms with Crippen LogP contribution in [0.4, 0.5) is 5.69 Å². The molecule has 2 rings (SSSR count). The van der Waals surface area contributed by atoms with Gasteiger partial charge < -0.3 is 10.4 Å². The summed E-state index contributed by atoms with van der Waals surface area (Å²) in [7, 11) is 0. The maximum absolute atomic E-state index is 12.0. The van der Waals surface area contributed by atoms with E-state index in [4.69, 9.17) is 0 Å². The molecule has 0 radical (unpaired) electrons. The van der Waals surface area contributed by atoms with Crippen LogP contribution in [0.2, 0.25) is 0 Å². The van der Waals surface area contributed by atoms with Gasteiger partial charge in [-0.2, -0.15) is 0 Å². The fourth-order valence-electron chi connectivity index (χ4n) is 1.98. The lowest BCUT2D eigenvalue weighted by molar-refractivity contribution is -0.115. The summed E-state index contributed by atoms with van der Waals surface area (Å²) in [5.41, 5.74) is 2.90. The standard InChI is InChI=1S/C17H19NO2/c1-12(2)14-4-3-5-15(11-14)18-17(20)10-13-6-8-16(19)9-7-13/h3-9,11-12,19H,10H2,1-2H3,(H,18,20). The van der Waals surface area contributed by atoms with Crippen molar-refractivity contribution in [3.8, 4) is 5.75 Å². The number of carbonyl (C=O) groups excluding carboxylic acids is 1. The normalized spacial score (nSPS) is 10.6. The molecule has 2 aromatic rings. The lowest BCUT2D eigenvalue weighted by Gasteiger charge is -2.09. The Hall–Kier alpha value is -2.29. The van der Waals surface area contributed by atoms with Crippen molar-refractivity contribution >= 4 is 11.6 Å². The summed E-state index contributed by atoms with van der Waals surface area (Å²) < 4.78 is 0. The zero-order chi connectivity index (χ0) is 14.5. The number of phenols is 1. The van der Waals surface area contributed by atoms with Crippen LogP contribution in [0.3, 0.4) is 0 Å². The zero-order valence-corrected chi connectivity index (χ0v) is 11.8. The lowest BCUT2D eigenvalue weighted by atomic mass is 10.0. The molecule has 0 saturated carbocycles. The second kappa shape index (κ2) is 6.24. The zero-order valence-electron chi connectivity index (χ0n) is 11.8. The van der Waals surface area contributed by atoms with Crippen LogP contribution < -0.4 is 5.32 Å². The fourth-order valence-corrected chi connectivity index (χ4v) is 1.98. The molecule has 0 saturated heterocycles. The minimum absolute atomic E-state index is 0.0587. The maximum atomic E-state index is 12.0. The average Bonchev–Trinajstić information content (AvgIpc) is 2.41. The molecule has 0 bridgehead atoms. The van der Waals surface area contributed by atoms with Gasteiger partial charge in [-0.3, -0.25) is 4.79 Å². The van der Waals surface area contributed by atoms with Crippen LogP contribution in [-0.2, 0) is 11.2 Å². The van der Waals surface area contributed by atoms with Gasteiger partial charge in [0, 0.05) is 5.69 Å². The lowest BCUT2D eigenvalue weighted by Crippen LogP contribution is -2.14. The van der Waals surface area contributed by atoms with Crippen molar-refractivity contribution in [2.24, 2.45) is 0 Å². The summed E-state index contributed by atoms with van der Waals surface area (Å²) in [4.78, 5) is 12.0. The minimum Gasteiger partial charge on any atom is -0.508 e. The minimum atomic E-state index is -0.0587. The number of amides is 1. The van der Waals surface area contributed by atoms with E-state index in [-0.39, 0.29) is 11.7 Å². The summed E-state index contributed by atoms with van der Waals surface area (Å²) in [5.74, 6) is 0.583. The molecule has 20 heavy (non-hydrogen) atoms. The monoisotopic (exact) mass is 269 g/mol. The van der Waals surface area contributed by atoms with Crippen molar-refractivity contribution in [1.82, 2.24) is 0 Å². The van der Waals surface area contributed by atoms with Gasteiger partial charge >= 0.3 is 0 Å². The van der Waals surface area contributed by atoms with E-state index in [2.05, 4.69) is 25.2 Å². The van der Waals surface area contributed by atoms with Crippen molar-refractivity contribution in [1.29, 1.82) is 0 Å². The van der Waals surface area contributed by atoms with Crippen molar-refractivity contribution in [2.75, 3.05) is 5.32 Å². The maximum Gasteiger partial charge on any atom is 0.228 e. The van der Waals surface area contributed by atoms with Gasteiger partial charge in [0.05, 0.1) is 6.42 Å². The number of rotatable bonds is 4. The van der Waals surface area contributed by atoms with Crippen molar-refractivity contribution in [2.45, 2.75) is 26.2 Å². The number of hydrogen-bond acceptors (Lipinski definition) is 2. The Morgan fingerprint density at radius 2 is 1.85 bits per heavy atom. The molecular weight excluding hydrogens is 250 g/mol. The largest absolute Gasteiger partial charge is 0.508 e. The Bertz CT molecular complexity index is 588. The molecule has 0 aliphatic rings. The first-order valence-electron chi connectivity index (χ1n) is 6.72. The molecule has 0 heterocycles. The topological polar surface area (TPSA) is 49.3 Å². The molecule has 104 valence electrons. The SMILES string of the molecule is CC(C)c1cccc(NC(=O)Cc2ccc(O)cc2)c1. The van der Waals surface area contributed by atoms with Gasteiger partial charge in [-0.15, -0.1) is 0 Å². The predicted molar refractivity (Wildman–Crippen MR) is 81.0 cm³/mol. The van der Waals surface area contributed by atoms with E-state index in [1.807, 2.05) is 18.2 Å². The molecule has 1 amide bonds. The third-order valence-electron chi connectivity index (χ3n) is 3.14. The van der Waals surface area contributed by atoms with Crippen molar-refractivity contribution < 1.29 is 9.90 Å². The van der Waals surface area contributed by atoms with Gasteiger partial charge in [-0.25, -0.2) is 0 Å². The Labute approximate surface area is 119 Å². The Balaban J connectivity index is 2.01. The van der Waals surface area contributed by atoms with Gasteiger partial charge in [-0.1, -0.05) is 38.1 Å². The van der Waals surface area contributed by atoms with Crippen LogP contribution in [0.15, 0.2) is 48.5 Å². The Morgan fingerprint density at radius 1 is 1.15 bits per heavy atom. The van der Waals surface area contributed by atoms with Crippen molar-refractivity contribution in [3.05, 3.63) is 59.7 Å². The first kappa shape index (κ1) is 14.1. The molecule has 0 aliphatic carbocycles. The van der Waals surface area contributed by atoms with E-state index in [1.165, 1.54) is 5.56 Å². The predicted octanol–water partition coefficient (Wildman–Crippen LogP) is 3.70. The van der Waals surface area contributed by atoms with E-state index in [1.54, 1.807) is 24.3 Å². The first-order chi connectivity index (χ1) is 9.54. The van der Waals surface area contributed by atoms with E-state index < -0.39 is 0 Å². The summed E-state index contributed by atoms with van der Waals surface area (Å²) >= 11 is 0. The molecule has 0 fully saturated rings. The highest BCUT2D eigenvalue weighted by Crippen LogP contribution is 2.19. The smallest absolute Gasteiger partial charge is 0.228 e. The van der Waals surface area contributed by atoms with Crippen molar-refractivity contribution in [3.63, 3.8) is 0 Å². The molecule has 0 aliphatic heterocycles. The molecule has 0 atom stereocenters. The molecule has 3 nitrogen and oxygen atoms in total. The van der Waals surface area contributed by atoms with E-state index >= 15 is 0 Å². The van der Waals surface area contributed by atoms with E-state index in [0.717, 1.165) is 11.3 Å². The number of carbonyl (C=O) groups is 1.